The van der Waals surface area contributed by atoms with E-state index in [0.29, 0.717) is 5.84 Å². The monoisotopic (exact) mass is 399 g/mol. The average Bonchev–Trinajstić information content (AvgIpc) is 3.48. The molecule has 0 radical (unpaired) electrons. The van der Waals surface area contributed by atoms with Gasteiger partial charge in [0.2, 0.25) is 0 Å². The van der Waals surface area contributed by atoms with Gasteiger partial charge in [0.15, 0.2) is 5.58 Å². The summed E-state index contributed by atoms with van der Waals surface area (Å²) in [5, 5.41) is 2.53. The summed E-state index contributed by atoms with van der Waals surface area (Å²) in [7, 11) is 0. The number of oxazole rings is 1. The second kappa shape index (κ2) is 6.09. The Labute approximate surface area is 177 Å². The van der Waals surface area contributed by atoms with Crippen LogP contribution in [-0.4, -0.2) is 14.0 Å². The molecule has 3 aromatic heterocycles. The Kier molecular flexibility index (Phi) is 3.24. The first-order chi connectivity index (χ1) is 15.4. The molecule has 4 aromatic carbocycles. The lowest BCUT2D eigenvalue weighted by Gasteiger charge is -2.08. The van der Waals surface area contributed by atoms with Crippen molar-refractivity contribution in [2.24, 2.45) is 0 Å². The third kappa shape index (κ3) is 2.33. The van der Waals surface area contributed by atoms with Crippen molar-refractivity contribution in [3.05, 3.63) is 103 Å². The Morgan fingerprint density at radius 1 is 0.613 bits per heavy atom. The molecule has 0 fully saturated rings. The van der Waals surface area contributed by atoms with Crippen LogP contribution in [0.15, 0.2) is 108 Å². The van der Waals surface area contributed by atoms with E-state index in [0.717, 1.165) is 28.0 Å². The quantitative estimate of drug-likeness (QED) is 0.319. The highest BCUT2D eigenvalue weighted by molar-refractivity contribution is 6.09. The highest BCUT2D eigenvalue weighted by Crippen LogP contribution is 2.32. The van der Waals surface area contributed by atoms with E-state index >= 15 is 0 Å². The molecule has 31 heavy (non-hydrogen) atoms. The summed E-state index contributed by atoms with van der Waals surface area (Å²) in [5.74, 6) is 0.614. The van der Waals surface area contributed by atoms with Gasteiger partial charge in [-0.1, -0.05) is 60.7 Å². The maximum atomic E-state index is 5.88. The highest BCUT2D eigenvalue weighted by Gasteiger charge is 2.13. The first kappa shape index (κ1) is 16.5. The summed E-state index contributed by atoms with van der Waals surface area (Å²) in [6, 6.07) is 33.7. The van der Waals surface area contributed by atoms with E-state index in [1.165, 1.54) is 21.8 Å². The molecule has 0 N–H and O–H groups in total. The normalized spacial score (nSPS) is 11.9. The molecule has 7 rings (SSSR count). The molecule has 0 aliphatic heterocycles. The van der Waals surface area contributed by atoms with Gasteiger partial charge in [-0.15, -0.1) is 0 Å². The fourth-order valence-corrected chi connectivity index (χ4v) is 4.57. The van der Waals surface area contributed by atoms with Gasteiger partial charge >= 0.3 is 5.84 Å². The summed E-state index contributed by atoms with van der Waals surface area (Å²) in [5.41, 5.74) is 7.39. The smallest absolute Gasteiger partial charge is 0.307 e. The Bertz CT molecular complexity index is 1680. The lowest BCUT2D eigenvalue weighted by molar-refractivity contribution is 0.642. The molecule has 0 unspecified atom stereocenters. The Balaban J connectivity index is 1.37. The zero-order valence-corrected chi connectivity index (χ0v) is 16.6. The van der Waals surface area contributed by atoms with Crippen LogP contribution in [0.5, 0.6) is 0 Å². The lowest BCUT2D eigenvalue weighted by atomic mass is 10.1. The van der Waals surface area contributed by atoms with Crippen LogP contribution in [-0.2, 0) is 0 Å². The maximum absolute atomic E-state index is 5.88. The Hall–Kier alpha value is -4.31. The van der Waals surface area contributed by atoms with Gasteiger partial charge in [0, 0.05) is 28.2 Å². The van der Waals surface area contributed by atoms with Crippen molar-refractivity contribution < 1.29 is 4.42 Å². The van der Waals surface area contributed by atoms with Crippen LogP contribution in [0.25, 0.3) is 55.7 Å². The molecule has 146 valence electrons. The number of hydrogen-bond donors (Lipinski definition) is 0. The minimum absolute atomic E-state index is 0.614. The van der Waals surface area contributed by atoms with Crippen LogP contribution in [0, 0.1) is 0 Å². The number of rotatable bonds is 2. The van der Waals surface area contributed by atoms with E-state index in [1.54, 1.807) is 0 Å². The van der Waals surface area contributed by atoms with Crippen LogP contribution >= 0.6 is 0 Å². The summed E-state index contributed by atoms with van der Waals surface area (Å²) in [6.45, 7) is 0. The minimum Gasteiger partial charge on any atom is -0.423 e. The number of hydrogen-bond acceptors (Lipinski definition) is 2. The highest BCUT2D eigenvalue weighted by atomic mass is 16.4. The zero-order valence-electron chi connectivity index (χ0n) is 16.6. The fourth-order valence-electron chi connectivity index (χ4n) is 4.57. The van der Waals surface area contributed by atoms with Crippen molar-refractivity contribution in [2.45, 2.75) is 0 Å². The van der Waals surface area contributed by atoms with E-state index in [1.807, 2.05) is 34.9 Å². The largest absolute Gasteiger partial charge is 0.423 e. The van der Waals surface area contributed by atoms with Crippen LogP contribution in [0.1, 0.15) is 0 Å². The lowest BCUT2D eigenvalue weighted by Crippen LogP contribution is -1.93. The number of imidazole rings is 1. The number of fused-ring (bicyclic) bond motifs is 6. The van der Waals surface area contributed by atoms with Crippen LogP contribution in [0.2, 0.25) is 0 Å². The molecular formula is C27H17N3O. The van der Waals surface area contributed by atoms with Crippen LogP contribution in [0.3, 0.4) is 0 Å². The third-order valence-electron chi connectivity index (χ3n) is 6.00. The topological polar surface area (TPSA) is 35.4 Å². The first-order valence-corrected chi connectivity index (χ1v) is 10.3. The van der Waals surface area contributed by atoms with E-state index in [4.69, 9.17) is 9.40 Å². The van der Waals surface area contributed by atoms with Crippen LogP contribution in [0.4, 0.5) is 0 Å². The fraction of sp³-hybridized carbons (Fsp3) is 0. The van der Waals surface area contributed by atoms with Gasteiger partial charge < -0.3 is 8.98 Å². The molecule has 0 saturated heterocycles. The molecule has 4 heteroatoms. The van der Waals surface area contributed by atoms with Crippen molar-refractivity contribution in [3.63, 3.8) is 0 Å². The van der Waals surface area contributed by atoms with Gasteiger partial charge in [0.05, 0.1) is 22.2 Å². The van der Waals surface area contributed by atoms with Crippen molar-refractivity contribution in [1.29, 1.82) is 0 Å². The summed E-state index contributed by atoms with van der Waals surface area (Å²) in [4.78, 5) is 4.70. The maximum Gasteiger partial charge on any atom is 0.307 e. The average molecular weight is 399 g/mol. The number of para-hydroxylation sites is 4. The molecule has 0 bridgehead atoms. The molecule has 7 aromatic rings. The zero-order chi connectivity index (χ0) is 20.4. The molecule has 0 aliphatic carbocycles. The summed E-state index contributed by atoms with van der Waals surface area (Å²) in [6.07, 6.45) is 2.04. The van der Waals surface area contributed by atoms with Gasteiger partial charge in [-0.2, -0.15) is 4.98 Å². The Morgan fingerprint density at radius 3 is 1.94 bits per heavy atom. The van der Waals surface area contributed by atoms with Crippen molar-refractivity contribution in [1.82, 2.24) is 14.0 Å². The van der Waals surface area contributed by atoms with Gasteiger partial charge in [0.1, 0.15) is 0 Å². The van der Waals surface area contributed by atoms with Gasteiger partial charge in [-0.3, -0.25) is 4.40 Å². The van der Waals surface area contributed by atoms with Crippen molar-refractivity contribution in [2.75, 3.05) is 0 Å². The summed E-state index contributed by atoms with van der Waals surface area (Å²) >= 11 is 0. The number of nitrogens with zero attached hydrogens (tertiary/aromatic N) is 3. The Morgan fingerprint density at radius 2 is 1.23 bits per heavy atom. The third-order valence-corrected chi connectivity index (χ3v) is 6.00. The second-order valence-electron chi connectivity index (χ2n) is 7.77. The minimum atomic E-state index is 0.614. The van der Waals surface area contributed by atoms with E-state index in [-0.39, 0.29) is 0 Å². The van der Waals surface area contributed by atoms with Gasteiger partial charge in [-0.25, -0.2) is 0 Å². The second-order valence-corrected chi connectivity index (χ2v) is 7.77. The van der Waals surface area contributed by atoms with Crippen molar-refractivity contribution in [3.8, 4) is 16.9 Å². The molecule has 0 aliphatic rings. The van der Waals surface area contributed by atoms with E-state index in [9.17, 15) is 0 Å². The summed E-state index contributed by atoms with van der Waals surface area (Å²) < 4.78 is 10.2. The van der Waals surface area contributed by atoms with E-state index in [2.05, 4.69) is 77.4 Å². The molecule has 0 spiro atoms. The number of aromatic nitrogens is 3. The molecule has 4 nitrogen and oxygen atoms in total. The molecule has 0 atom stereocenters. The SMILES string of the molecule is c1ccc2c(c1)oc1nc(-c3ccc(-n4c5ccccc5c5ccccc54)cc3)cn12. The number of benzene rings is 4. The van der Waals surface area contributed by atoms with E-state index < -0.39 is 0 Å². The first-order valence-electron chi connectivity index (χ1n) is 10.3. The van der Waals surface area contributed by atoms with Gasteiger partial charge in [0.25, 0.3) is 0 Å². The predicted octanol–water partition coefficient (Wildman–Crippen LogP) is 6.84. The van der Waals surface area contributed by atoms with Crippen LogP contribution < -0.4 is 0 Å². The molecule has 0 amide bonds. The molecular weight excluding hydrogens is 382 g/mol. The molecule has 0 saturated carbocycles. The molecule has 3 heterocycles. The predicted molar refractivity (Wildman–Crippen MR) is 125 cm³/mol. The van der Waals surface area contributed by atoms with Gasteiger partial charge in [-0.05, 0) is 36.4 Å². The van der Waals surface area contributed by atoms with Crippen molar-refractivity contribution >= 4 is 38.7 Å². The standard InChI is InChI=1S/C27H17N3O/c1-3-9-23-20(7-1)21-8-2-4-10-24(21)30(23)19-15-13-18(14-16-19)22-17-29-25-11-5-6-12-26(25)31-27(29)28-22/h1-17H.